The van der Waals surface area contributed by atoms with Crippen LogP contribution < -0.4 is 5.32 Å². The molecule has 1 fully saturated rings. The topological polar surface area (TPSA) is 38.3 Å². The minimum absolute atomic E-state index is 0.0950. The Kier molecular flexibility index (Phi) is 4.02. The summed E-state index contributed by atoms with van der Waals surface area (Å²) in [6.45, 7) is 1.82. The van der Waals surface area contributed by atoms with Gasteiger partial charge < -0.3 is 10.1 Å². The fraction of sp³-hybridized carbons (Fsp3) is 0.900. The molecule has 3 nitrogen and oxygen atoms in total. The molecule has 88 valence electrons. The molecular weight excluding hydrogens is 204 g/mol. The Balaban J connectivity index is 2.43. The van der Waals surface area contributed by atoms with E-state index in [1.807, 2.05) is 6.92 Å². The molecular formula is C10H17F2NO2. The number of hydrogen-bond donors (Lipinski definition) is 1. The third-order valence-electron chi connectivity index (χ3n) is 2.73. The van der Waals surface area contributed by atoms with Gasteiger partial charge in [0.05, 0.1) is 7.11 Å². The Morgan fingerprint density at radius 2 is 2.33 bits per heavy atom. The van der Waals surface area contributed by atoms with Gasteiger partial charge in [-0.3, -0.25) is 4.79 Å². The fourth-order valence-electron chi connectivity index (χ4n) is 1.87. The Bertz CT molecular complexity index is 233. The smallest absolute Gasteiger partial charge is 0.322 e. The highest BCUT2D eigenvalue weighted by atomic mass is 19.3. The molecule has 1 N–H and O–H groups in total. The number of ether oxygens (including phenoxy) is 1. The molecule has 2 atom stereocenters. The van der Waals surface area contributed by atoms with Gasteiger partial charge in [0.2, 0.25) is 5.92 Å². The van der Waals surface area contributed by atoms with Crippen LogP contribution in [0.25, 0.3) is 0 Å². The quantitative estimate of drug-likeness (QED) is 0.734. The van der Waals surface area contributed by atoms with Crippen molar-refractivity contribution in [3.05, 3.63) is 0 Å². The molecule has 5 heteroatoms. The number of nitrogens with one attached hydrogen (secondary N) is 1. The van der Waals surface area contributed by atoms with Crippen LogP contribution >= 0.6 is 0 Å². The van der Waals surface area contributed by atoms with E-state index in [9.17, 15) is 13.6 Å². The summed E-state index contributed by atoms with van der Waals surface area (Å²) in [6, 6.07) is -0.738. The van der Waals surface area contributed by atoms with Gasteiger partial charge in [0.15, 0.2) is 0 Å². The number of methoxy groups -OCH3 is 1. The average Bonchev–Trinajstić information content (AvgIpc) is 2.53. The predicted octanol–water partition coefficient (Wildman–Crippen LogP) is 1.72. The van der Waals surface area contributed by atoms with Gasteiger partial charge in [0.1, 0.15) is 6.04 Å². The first-order valence-electron chi connectivity index (χ1n) is 5.20. The Hall–Kier alpha value is -0.710. The number of carbonyl (C=O) groups excluding carboxylic acids is 1. The van der Waals surface area contributed by atoms with Crippen molar-refractivity contribution in [3.63, 3.8) is 0 Å². The number of alkyl halides is 2. The summed E-state index contributed by atoms with van der Waals surface area (Å²) in [7, 11) is 1.30. The van der Waals surface area contributed by atoms with E-state index in [-0.39, 0.29) is 24.9 Å². The van der Waals surface area contributed by atoms with Crippen molar-refractivity contribution in [2.45, 2.75) is 50.6 Å². The van der Waals surface area contributed by atoms with Crippen LogP contribution in [0.4, 0.5) is 8.78 Å². The zero-order valence-corrected chi connectivity index (χ0v) is 9.06. The molecule has 15 heavy (non-hydrogen) atoms. The van der Waals surface area contributed by atoms with Crippen LogP contribution in [0.5, 0.6) is 0 Å². The summed E-state index contributed by atoms with van der Waals surface area (Å²) < 4.78 is 30.3. The Labute approximate surface area is 88.2 Å². The predicted molar refractivity (Wildman–Crippen MR) is 51.8 cm³/mol. The van der Waals surface area contributed by atoms with Crippen LogP contribution in [0.3, 0.4) is 0 Å². The van der Waals surface area contributed by atoms with Gasteiger partial charge in [0, 0.05) is 18.9 Å². The van der Waals surface area contributed by atoms with E-state index >= 15 is 0 Å². The summed E-state index contributed by atoms with van der Waals surface area (Å²) in [5, 5.41) is 2.92. The molecule has 1 rings (SSSR count). The normalized spacial score (nSPS) is 26.3. The third-order valence-corrected chi connectivity index (χ3v) is 2.73. The first-order valence-corrected chi connectivity index (χ1v) is 5.20. The molecule has 1 saturated carbocycles. The second-order valence-corrected chi connectivity index (χ2v) is 3.95. The lowest BCUT2D eigenvalue weighted by Gasteiger charge is -2.19. The van der Waals surface area contributed by atoms with Gasteiger partial charge in [-0.1, -0.05) is 6.92 Å². The van der Waals surface area contributed by atoms with Gasteiger partial charge in [-0.25, -0.2) is 8.78 Å². The molecule has 0 spiro atoms. The van der Waals surface area contributed by atoms with Crippen LogP contribution in [0.2, 0.25) is 0 Å². The van der Waals surface area contributed by atoms with E-state index < -0.39 is 12.0 Å². The first kappa shape index (κ1) is 12.4. The lowest BCUT2D eigenvalue weighted by Crippen LogP contribution is -2.43. The summed E-state index contributed by atoms with van der Waals surface area (Å²) in [6.07, 6.45) is 0.692. The molecule has 0 aromatic rings. The van der Waals surface area contributed by atoms with E-state index in [1.54, 1.807) is 0 Å². The molecule has 0 amide bonds. The lowest BCUT2D eigenvalue weighted by atomic mass is 10.1. The second kappa shape index (κ2) is 4.88. The van der Waals surface area contributed by atoms with Gasteiger partial charge >= 0.3 is 5.97 Å². The standard InChI is InChI=1S/C10H17F2NO2/c1-3-8(9(14)15-2)13-7-4-5-10(11,12)6-7/h7-8,13H,3-6H2,1-2H3/t7?,8-/m1/s1. The van der Waals surface area contributed by atoms with Crippen molar-refractivity contribution < 1.29 is 18.3 Å². The monoisotopic (exact) mass is 221 g/mol. The molecule has 0 bridgehead atoms. The molecule has 1 aliphatic carbocycles. The van der Waals surface area contributed by atoms with Crippen LogP contribution in [0.1, 0.15) is 32.6 Å². The second-order valence-electron chi connectivity index (χ2n) is 3.95. The number of carbonyl (C=O) groups is 1. The number of esters is 1. The highest BCUT2D eigenvalue weighted by Gasteiger charge is 2.40. The summed E-state index contributed by atoms with van der Waals surface area (Å²) in [5.74, 6) is -2.96. The zero-order valence-electron chi connectivity index (χ0n) is 9.06. The Morgan fingerprint density at radius 3 is 2.73 bits per heavy atom. The summed E-state index contributed by atoms with van der Waals surface area (Å²) in [5.41, 5.74) is 0. The maximum Gasteiger partial charge on any atom is 0.322 e. The van der Waals surface area contributed by atoms with E-state index in [4.69, 9.17) is 0 Å². The molecule has 0 aromatic heterocycles. The maximum atomic E-state index is 12.9. The lowest BCUT2D eigenvalue weighted by molar-refractivity contribution is -0.143. The fourth-order valence-corrected chi connectivity index (χ4v) is 1.87. The number of rotatable bonds is 4. The molecule has 0 radical (unpaired) electrons. The number of hydrogen-bond acceptors (Lipinski definition) is 3. The van der Waals surface area contributed by atoms with Crippen molar-refractivity contribution >= 4 is 5.97 Å². The molecule has 1 aliphatic rings. The van der Waals surface area contributed by atoms with Gasteiger partial charge in [-0.05, 0) is 12.8 Å². The van der Waals surface area contributed by atoms with E-state index in [0.717, 1.165) is 0 Å². The highest BCUT2D eigenvalue weighted by molar-refractivity contribution is 5.75. The van der Waals surface area contributed by atoms with Crippen molar-refractivity contribution in [2.24, 2.45) is 0 Å². The number of halogens is 2. The van der Waals surface area contributed by atoms with E-state index in [1.165, 1.54) is 7.11 Å². The zero-order chi connectivity index (χ0) is 11.5. The van der Waals surface area contributed by atoms with E-state index in [2.05, 4.69) is 10.1 Å². The summed E-state index contributed by atoms with van der Waals surface area (Å²) >= 11 is 0. The minimum atomic E-state index is -2.58. The summed E-state index contributed by atoms with van der Waals surface area (Å²) in [4.78, 5) is 11.2. The molecule has 0 saturated heterocycles. The first-order chi connectivity index (χ1) is 6.98. The molecule has 0 aliphatic heterocycles. The molecule has 0 heterocycles. The Morgan fingerprint density at radius 1 is 1.67 bits per heavy atom. The minimum Gasteiger partial charge on any atom is -0.468 e. The van der Waals surface area contributed by atoms with Crippen LogP contribution in [0.15, 0.2) is 0 Å². The third kappa shape index (κ3) is 3.41. The SMILES string of the molecule is CC[C@@H](NC1CCC(F)(F)C1)C(=O)OC. The van der Waals surface area contributed by atoms with Crippen molar-refractivity contribution in [1.29, 1.82) is 0 Å². The maximum absolute atomic E-state index is 12.9. The van der Waals surface area contributed by atoms with E-state index in [0.29, 0.717) is 12.8 Å². The van der Waals surface area contributed by atoms with Crippen LogP contribution in [-0.2, 0) is 9.53 Å². The van der Waals surface area contributed by atoms with Crippen LogP contribution in [0, 0.1) is 0 Å². The average molecular weight is 221 g/mol. The van der Waals surface area contributed by atoms with Crippen molar-refractivity contribution in [3.8, 4) is 0 Å². The van der Waals surface area contributed by atoms with Crippen molar-refractivity contribution in [1.82, 2.24) is 5.32 Å². The van der Waals surface area contributed by atoms with Gasteiger partial charge in [-0.2, -0.15) is 0 Å². The highest BCUT2D eigenvalue weighted by Crippen LogP contribution is 2.34. The van der Waals surface area contributed by atoms with Gasteiger partial charge in [-0.15, -0.1) is 0 Å². The van der Waals surface area contributed by atoms with Gasteiger partial charge in [0.25, 0.3) is 0 Å². The van der Waals surface area contributed by atoms with Crippen LogP contribution in [-0.4, -0.2) is 31.1 Å². The largest absolute Gasteiger partial charge is 0.468 e. The van der Waals surface area contributed by atoms with Crippen molar-refractivity contribution in [2.75, 3.05) is 7.11 Å². The molecule has 1 unspecified atom stereocenters. The molecule has 0 aromatic carbocycles.